The molecule has 0 bridgehead atoms. The van der Waals surface area contributed by atoms with E-state index in [0.717, 1.165) is 6.07 Å². The molecular weight excluding hydrogens is 209 g/mol. The van der Waals surface area contributed by atoms with Crippen LogP contribution in [0.3, 0.4) is 0 Å². The molecule has 0 fully saturated rings. The number of carbonyl (C=O) groups is 1. The summed E-state index contributed by atoms with van der Waals surface area (Å²) in [6.45, 7) is 1.93. The van der Waals surface area contributed by atoms with Gasteiger partial charge in [0.15, 0.2) is 5.69 Å². The highest BCUT2D eigenvalue weighted by Gasteiger charge is 2.12. The number of halogens is 1. The van der Waals surface area contributed by atoms with Crippen molar-refractivity contribution in [3.63, 3.8) is 0 Å². The molecule has 2 aromatic rings. The third-order valence-corrected chi connectivity index (χ3v) is 2.15. The molecule has 0 radical (unpaired) electrons. The third-order valence-electron chi connectivity index (χ3n) is 2.15. The molecule has 2 rings (SSSR count). The molecule has 1 heterocycles. The Morgan fingerprint density at radius 2 is 2.19 bits per heavy atom. The van der Waals surface area contributed by atoms with Gasteiger partial charge in [0.1, 0.15) is 5.82 Å². The summed E-state index contributed by atoms with van der Waals surface area (Å²) in [5.74, 6) is -1.07. The largest absolute Gasteiger partial charge is 0.461 e. The van der Waals surface area contributed by atoms with Crippen LogP contribution in [0.5, 0.6) is 0 Å². The molecule has 0 spiro atoms. The number of hydrogen-bond donors (Lipinski definition) is 0. The van der Waals surface area contributed by atoms with E-state index < -0.39 is 11.8 Å². The Balaban J connectivity index is 2.53. The highest BCUT2D eigenvalue weighted by molar-refractivity contribution is 5.91. The normalized spacial score (nSPS) is 10.4. The zero-order chi connectivity index (χ0) is 11.5. The van der Waals surface area contributed by atoms with Crippen LogP contribution in [0.4, 0.5) is 4.39 Å². The number of pyridine rings is 1. The maximum Gasteiger partial charge on any atom is 0.357 e. The average molecular weight is 219 g/mol. The van der Waals surface area contributed by atoms with Gasteiger partial charge in [-0.15, -0.1) is 0 Å². The van der Waals surface area contributed by atoms with Gasteiger partial charge >= 0.3 is 5.97 Å². The number of fused-ring (bicyclic) bond motifs is 1. The van der Waals surface area contributed by atoms with Crippen molar-refractivity contribution in [3.05, 3.63) is 41.8 Å². The Kier molecular flexibility index (Phi) is 2.81. The van der Waals surface area contributed by atoms with Gasteiger partial charge in [-0.05, 0) is 19.1 Å². The predicted octanol–water partition coefficient (Wildman–Crippen LogP) is 2.55. The summed E-state index contributed by atoms with van der Waals surface area (Å²) in [6, 6.07) is 7.83. The second-order valence-electron chi connectivity index (χ2n) is 3.23. The third kappa shape index (κ3) is 1.86. The van der Waals surface area contributed by atoms with Crippen molar-refractivity contribution in [2.75, 3.05) is 6.61 Å². The SMILES string of the molecule is CCOC(=O)c1cc(F)c2ccccc2n1. The maximum atomic E-state index is 13.6. The second-order valence-corrected chi connectivity index (χ2v) is 3.23. The number of ether oxygens (including phenoxy) is 1. The molecule has 4 heteroatoms. The first-order valence-electron chi connectivity index (χ1n) is 4.94. The Morgan fingerprint density at radius 1 is 1.44 bits per heavy atom. The van der Waals surface area contributed by atoms with E-state index in [1.807, 2.05) is 0 Å². The Hall–Kier alpha value is -1.97. The van der Waals surface area contributed by atoms with Gasteiger partial charge in [0.2, 0.25) is 0 Å². The first-order valence-corrected chi connectivity index (χ1v) is 4.94. The molecule has 0 N–H and O–H groups in total. The molecular formula is C12H10FNO2. The van der Waals surface area contributed by atoms with Crippen molar-refractivity contribution in [1.82, 2.24) is 4.98 Å². The van der Waals surface area contributed by atoms with Gasteiger partial charge in [0.05, 0.1) is 12.1 Å². The number of rotatable bonds is 2. The van der Waals surface area contributed by atoms with Crippen LogP contribution in [0.15, 0.2) is 30.3 Å². The Labute approximate surface area is 91.9 Å². The number of nitrogens with zero attached hydrogens (tertiary/aromatic N) is 1. The molecule has 1 aromatic heterocycles. The molecule has 0 atom stereocenters. The number of esters is 1. The second kappa shape index (κ2) is 4.26. The lowest BCUT2D eigenvalue weighted by Crippen LogP contribution is -2.07. The zero-order valence-corrected chi connectivity index (χ0v) is 8.74. The molecule has 0 saturated heterocycles. The molecule has 0 aliphatic heterocycles. The van der Waals surface area contributed by atoms with E-state index in [-0.39, 0.29) is 12.3 Å². The van der Waals surface area contributed by atoms with Crippen LogP contribution >= 0.6 is 0 Å². The summed E-state index contributed by atoms with van der Waals surface area (Å²) in [5.41, 5.74) is 0.448. The zero-order valence-electron chi connectivity index (χ0n) is 8.74. The van der Waals surface area contributed by atoms with Gasteiger partial charge in [-0.2, -0.15) is 0 Å². The molecule has 0 aliphatic carbocycles. The van der Waals surface area contributed by atoms with Crippen LogP contribution < -0.4 is 0 Å². The molecule has 0 saturated carbocycles. The Morgan fingerprint density at radius 3 is 2.94 bits per heavy atom. The summed E-state index contributed by atoms with van der Waals surface area (Å²) in [4.78, 5) is 15.4. The molecule has 0 unspecified atom stereocenters. The van der Waals surface area contributed by atoms with Crippen molar-refractivity contribution in [2.24, 2.45) is 0 Å². The van der Waals surface area contributed by atoms with Crippen LogP contribution in [-0.2, 0) is 4.74 Å². The van der Waals surface area contributed by atoms with E-state index >= 15 is 0 Å². The van der Waals surface area contributed by atoms with Gasteiger partial charge < -0.3 is 4.74 Å². The van der Waals surface area contributed by atoms with Crippen molar-refractivity contribution < 1.29 is 13.9 Å². The lowest BCUT2D eigenvalue weighted by molar-refractivity contribution is 0.0519. The molecule has 82 valence electrons. The average Bonchev–Trinajstić information content (AvgIpc) is 2.29. The first kappa shape index (κ1) is 10.5. The topological polar surface area (TPSA) is 39.2 Å². The van der Waals surface area contributed by atoms with Crippen molar-refractivity contribution in [1.29, 1.82) is 0 Å². The van der Waals surface area contributed by atoms with E-state index in [9.17, 15) is 9.18 Å². The van der Waals surface area contributed by atoms with E-state index in [4.69, 9.17) is 4.74 Å². The molecule has 0 aliphatic rings. The lowest BCUT2D eigenvalue weighted by Gasteiger charge is -2.03. The van der Waals surface area contributed by atoms with Gasteiger partial charge in [0.25, 0.3) is 0 Å². The first-order chi connectivity index (χ1) is 7.72. The van der Waals surface area contributed by atoms with Gasteiger partial charge in [-0.25, -0.2) is 14.2 Å². The van der Waals surface area contributed by atoms with E-state index in [1.165, 1.54) is 0 Å². The van der Waals surface area contributed by atoms with Gasteiger partial charge in [-0.3, -0.25) is 0 Å². The molecule has 0 amide bonds. The predicted molar refractivity (Wildman–Crippen MR) is 57.7 cm³/mol. The van der Waals surface area contributed by atoms with Crippen LogP contribution in [-0.4, -0.2) is 17.6 Å². The highest BCUT2D eigenvalue weighted by atomic mass is 19.1. The minimum Gasteiger partial charge on any atom is -0.461 e. The van der Waals surface area contributed by atoms with Gasteiger partial charge in [0, 0.05) is 11.5 Å². The van der Waals surface area contributed by atoms with Crippen LogP contribution in [0, 0.1) is 5.82 Å². The van der Waals surface area contributed by atoms with E-state index in [1.54, 1.807) is 31.2 Å². The molecule has 3 nitrogen and oxygen atoms in total. The summed E-state index contributed by atoms with van der Waals surface area (Å²) >= 11 is 0. The Bertz CT molecular complexity index is 540. The summed E-state index contributed by atoms with van der Waals surface area (Å²) in [5, 5.41) is 0.399. The molecule has 1 aromatic carbocycles. The highest BCUT2D eigenvalue weighted by Crippen LogP contribution is 2.16. The van der Waals surface area contributed by atoms with Crippen LogP contribution in [0.1, 0.15) is 17.4 Å². The fourth-order valence-corrected chi connectivity index (χ4v) is 1.44. The summed E-state index contributed by atoms with van der Waals surface area (Å²) < 4.78 is 18.4. The number of benzene rings is 1. The van der Waals surface area contributed by atoms with Crippen molar-refractivity contribution in [3.8, 4) is 0 Å². The number of para-hydroxylation sites is 1. The smallest absolute Gasteiger partial charge is 0.357 e. The fourth-order valence-electron chi connectivity index (χ4n) is 1.44. The molecule has 16 heavy (non-hydrogen) atoms. The number of carbonyl (C=O) groups excluding carboxylic acids is 1. The van der Waals surface area contributed by atoms with Crippen molar-refractivity contribution in [2.45, 2.75) is 6.92 Å². The number of hydrogen-bond acceptors (Lipinski definition) is 3. The monoisotopic (exact) mass is 219 g/mol. The quantitative estimate of drug-likeness (QED) is 0.728. The summed E-state index contributed by atoms with van der Waals surface area (Å²) in [6.07, 6.45) is 0. The van der Waals surface area contributed by atoms with Crippen molar-refractivity contribution >= 4 is 16.9 Å². The van der Waals surface area contributed by atoms with Crippen LogP contribution in [0.25, 0.3) is 10.9 Å². The minimum atomic E-state index is -0.604. The summed E-state index contributed by atoms with van der Waals surface area (Å²) in [7, 11) is 0. The van der Waals surface area contributed by atoms with E-state index in [2.05, 4.69) is 4.98 Å². The maximum absolute atomic E-state index is 13.6. The van der Waals surface area contributed by atoms with Gasteiger partial charge in [-0.1, -0.05) is 12.1 Å². The number of aromatic nitrogens is 1. The standard InChI is InChI=1S/C12H10FNO2/c1-2-16-12(15)11-7-9(13)8-5-3-4-6-10(8)14-11/h3-7H,2H2,1H3. The van der Waals surface area contributed by atoms with E-state index in [0.29, 0.717) is 10.9 Å². The fraction of sp³-hybridized carbons (Fsp3) is 0.167. The van der Waals surface area contributed by atoms with Crippen LogP contribution in [0.2, 0.25) is 0 Å². The lowest BCUT2D eigenvalue weighted by atomic mass is 10.2. The minimum absolute atomic E-state index is 0.00181.